The molecule has 0 radical (unpaired) electrons. The van der Waals surface area contributed by atoms with Gasteiger partial charge in [-0.2, -0.15) is 0 Å². The number of para-hydroxylation sites is 1. The fourth-order valence-corrected chi connectivity index (χ4v) is 5.68. The molecule has 1 aliphatic carbocycles. The molecule has 0 saturated heterocycles. The molecule has 0 amide bonds. The van der Waals surface area contributed by atoms with E-state index in [1.165, 1.54) is 22.3 Å². The van der Waals surface area contributed by atoms with Crippen LogP contribution >= 0.6 is 15.9 Å². The first kappa shape index (κ1) is 21.9. The molecule has 0 bridgehead atoms. The van der Waals surface area contributed by atoms with E-state index in [0.717, 1.165) is 16.5 Å². The van der Waals surface area contributed by atoms with E-state index in [2.05, 4.69) is 70.5 Å². The number of fused-ring (bicyclic) bond motifs is 2. The van der Waals surface area contributed by atoms with Crippen molar-refractivity contribution in [2.45, 2.75) is 24.7 Å². The van der Waals surface area contributed by atoms with Crippen LogP contribution in [0.3, 0.4) is 0 Å². The van der Waals surface area contributed by atoms with E-state index in [9.17, 15) is 9.90 Å². The van der Waals surface area contributed by atoms with Crippen molar-refractivity contribution < 1.29 is 9.52 Å². The summed E-state index contributed by atoms with van der Waals surface area (Å²) in [5.41, 5.74) is 6.37. The summed E-state index contributed by atoms with van der Waals surface area (Å²) in [4.78, 5) is 13.0. The molecular formula is C31H23BrO3. The Hall–Kier alpha value is -3.63. The smallest absolute Gasteiger partial charge is 0.343 e. The van der Waals surface area contributed by atoms with Crippen LogP contribution in [-0.4, -0.2) is 5.11 Å². The molecule has 1 aliphatic rings. The Labute approximate surface area is 211 Å². The van der Waals surface area contributed by atoms with Crippen molar-refractivity contribution in [3.63, 3.8) is 0 Å². The average molecular weight is 523 g/mol. The zero-order valence-corrected chi connectivity index (χ0v) is 20.5. The first-order chi connectivity index (χ1) is 17.1. The molecule has 2 atom stereocenters. The van der Waals surface area contributed by atoms with E-state index in [-0.39, 0.29) is 17.6 Å². The molecule has 1 heterocycles. The van der Waals surface area contributed by atoms with Gasteiger partial charge in [-0.1, -0.05) is 88.7 Å². The number of benzene rings is 4. The van der Waals surface area contributed by atoms with Crippen LogP contribution in [0, 0.1) is 0 Å². The molecule has 0 fully saturated rings. The predicted molar refractivity (Wildman–Crippen MR) is 143 cm³/mol. The van der Waals surface area contributed by atoms with Gasteiger partial charge in [-0.15, -0.1) is 0 Å². The van der Waals surface area contributed by atoms with E-state index >= 15 is 0 Å². The molecule has 1 aromatic heterocycles. The highest BCUT2D eigenvalue weighted by Crippen LogP contribution is 2.45. The van der Waals surface area contributed by atoms with Crippen molar-refractivity contribution in [2.24, 2.45) is 0 Å². The Morgan fingerprint density at radius 2 is 1.46 bits per heavy atom. The predicted octanol–water partition coefficient (Wildman–Crippen LogP) is 7.79. The summed E-state index contributed by atoms with van der Waals surface area (Å²) < 4.78 is 6.67. The summed E-state index contributed by atoms with van der Waals surface area (Å²) in [5, 5.41) is 11.7. The van der Waals surface area contributed by atoms with E-state index in [0.29, 0.717) is 23.0 Å². The lowest BCUT2D eigenvalue weighted by Crippen LogP contribution is -2.23. The highest BCUT2D eigenvalue weighted by atomic mass is 79.9. The van der Waals surface area contributed by atoms with E-state index in [1.54, 1.807) is 18.2 Å². The molecule has 3 nitrogen and oxygen atoms in total. The molecule has 6 rings (SSSR count). The summed E-state index contributed by atoms with van der Waals surface area (Å²) >= 11 is 3.50. The zero-order valence-electron chi connectivity index (χ0n) is 18.9. The maximum atomic E-state index is 13.0. The van der Waals surface area contributed by atoms with Gasteiger partial charge in [0, 0.05) is 10.4 Å². The van der Waals surface area contributed by atoms with Crippen LogP contribution in [0.4, 0.5) is 0 Å². The lowest BCUT2D eigenvalue weighted by Gasteiger charge is -2.32. The second-order valence-electron chi connectivity index (χ2n) is 9.17. The summed E-state index contributed by atoms with van der Waals surface area (Å²) in [6.07, 6.45) is 1.42. The normalized spacial score (nSPS) is 17.3. The zero-order chi connectivity index (χ0) is 23.9. The van der Waals surface area contributed by atoms with E-state index in [1.807, 2.05) is 24.3 Å². The molecule has 172 valence electrons. The van der Waals surface area contributed by atoms with Crippen LogP contribution in [0.5, 0.6) is 5.75 Å². The lowest BCUT2D eigenvalue weighted by atomic mass is 9.72. The van der Waals surface area contributed by atoms with Crippen molar-refractivity contribution in [3.05, 3.63) is 134 Å². The Balaban J connectivity index is 1.41. The van der Waals surface area contributed by atoms with Gasteiger partial charge in [-0.25, -0.2) is 4.79 Å². The minimum atomic E-state index is -0.449. The van der Waals surface area contributed by atoms with Crippen LogP contribution in [-0.2, 0) is 6.42 Å². The molecule has 0 spiro atoms. The van der Waals surface area contributed by atoms with Gasteiger partial charge >= 0.3 is 5.63 Å². The van der Waals surface area contributed by atoms with Gasteiger partial charge in [0.15, 0.2) is 0 Å². The summed E-state index contributed by atoms with van der Waals surface area (Å²) in [6.45, 7) is 0. The molecule has 4 aromatic carbocycles. The second kappa shape index (κ2) is 8.86. The van der Waals surface area contributed by atoms with Crippen molar-refractivity contribution in [1.82, 2.24) is 0 Å². The monoisotopic (exact) mass is 522 g/mol. The van der Waals surface area contributed by atoms with Crippen LogP contribution in [0.2, 0.25) is 0 Å². The number of aromatic hydroxyl groups is 1. The van der Waals surface area contributed by atoms with Crippen LogP contribution in [0.15, 0.2) is 111 Å². The second-order valence-corrected chi connectivity index (χ2v) is 10.1. The number of hydrogen-bond donors (Lipinski definition) is 1. The lowest BCUT2D eigenvalue weighted by molar-refractivity contribution is 0.429. The number of halogens is 1. The summed E-state index contributed by atoms with van der Waals surface area (Å²) in [7, 11) is 0. The Kier molecular flexibility index (Phi) is 5.54. The molecule has 4 heteroatoms. The molecule has 35 heavy (non-hydrogen) atoms. The minimum absolute atomic E-state index is 0.0468. The summed E-state index contributed by atoms with van der Waals surface area (Å²) in [6, 6.07) is 32.6. The third kappa shape index (κ3) is 3.98. The fourth-order valence-electron chi connectivity index (χ4n) is 5.41. The minimum Gasteiger partial charge on any atom is -0.507 e. The molecule has 0 aliphatic heterocycles. The van der Waals surface area contributed by atoms with Gasteiger partial charge < -0.3 is 9.52 Å². The van der Waals surface area contributed by atoms with Crippen molar-refractivity contribution in [1.29, 1.82) is 0 Å². The summed E-state index contributed by atoms with van der Waals surface area (Å²) in [5.74, 6) is 0.0293. The third-order valence-electron chi connectivity index (χ3n) is 7.14. The van der Waals surface area contributed by atoms with Crippen LogP contribution in [0.25, 0.3) is 22.1 Å². The van der Waals surface area contributed by atoms with Crippen LogP contribution < -0.4 is 5.63 Å². The third-order valence-corrected chi connectivity index (χ3v) is 7.66. The quantitative estimate of drug-likeness (QED) is 0.246. The topological polar surface area (TPSA) is 50.4 Å². The maximum absolute atomic E-state index is 13.0. The van der Waals surface area contributed by atoms with E-state index < -0.39 is 5.63 Å². The standard InChI is InChI=1S/C31H23BrO3/c32-24-15-13-20(14-16-24)19-9-11-21(12-10-19)27-18-23(17-22-5-1-2-6-25(22)27)29-30(33)26-7-3-4-8-28(26)35-31(29)34/h1-16,23,27,33H,17-18H2/t23-,27+/m1/s1. The Bertz CT molecular complexity index is 1580. The van der Waals surface area contributed by atoms with Gasteiger partial charge in [0.2, 0.25) is 0 Å². The Morgan fingerprint density at radius 1 is 0.800 bits per heavy atom. The highest BCUT2D eigenvalue weighted by molar-refractivity contribution is 9.10. The van der Waals surface area contributed by atoms with Gasteiger partial charge in [-0.3, -0.25) is 0 Å². The van der Waals surface area contributed by atoms with Gasteiger partial charge in [-0.05, 0) is 70.8 Å². The molecule has 1 N–H and O–H groups in total. The number of hydrogen-bond acceptors (Lipinski definition) is 3. The fraction of sp³-hybridized carbons (Fsp3) is 0.129. The van der Waals surface area contributed by atoms with Crippen molar-refractivity contribution in [3.8, 4) is 16.9 Å². The number of rotatable bonds is 3. The first-order valence-corrected chi connectivity index (χ1v) is 12.6. The van der Waals surface area contributed by atoms with Gasteiger partial charge in [0.1, 0.15) is 11.3 Å². The first-order valence-electron chi connectivity index (χ1n) is 11.8. The van der Waals surface area contributed by atoms with Crippen LogP contribution in [0.1, 0.15) is 40.5 Å². The maximum Gasteiger partial charge on any atom is 0.343 e. The SMILES string of the molecule is O=c1oc2ccccc2c(O)c1[C@@H]1Cc2ccccc2[C@H](c2ccc(-c3ccc(Br)cc3)cc2)C1. The average Bonchev–Trinajstić information content (AvgIpc) is 2.89. The van der Waals surface area contributed by atoms with Crippen molar-refractivity contribution >= 4 is 26.9 Å². The highest BCUT2D eigenvalue weighted by Gasteiger charge is 2.33. The largest absolute Gasteiger partial charge is 0.507 e. The Morgan fingerprint density at radius 3 is 2.23 bits per heavy atom. The molecular weight excluding hydrogens is 500 g/mol. The van der Waals surface area contributed by atoms with Crippen molar-refractivity contribution in [2.75, 3.05) is 0 Å². The molecule has 0 unspecified atom stereocenters. The molecule has 5 aromatic rings. The van der Waals surface area contributed by atoms with Gasteiger partial charge in [0.25, 0.3) is 0 Å². The molecule has 0 saturated carbocycles. The van der Waals surface area contributed by atoms with Gasteiger partial charge in [0.05, 0.1) is 10.9 Å². The van der Waals surface area contributed by atoms with E-state index in [4.69, 9.17) is 4.42 Å².